The summed E-state index contributed by atoms with van der Waals surface area (Å²) in [6.45, 7) is 3.63. The van der Waals surface area contributed by atoms with Crippen LogP contribution >= 0.6 is 0 Å². The van der Waals surface area contributed by atoms with E-state index >= 15 is 0 Å². The number of unbranched alkanes of at least 4 members (excludes halogenated alkanes) is 1. The molecule has 1 N–H and O–H groups in total. The van der Waals surface area contributed by atoms with Crippen LogP contribution in [0, 0.1) is 11.3 Å². The van der Waals surface area contributed by atoms with Crippen molar-refractivity contribution in [2.75, 3.05) is 32.7 Å². The molecule has 0 aliphatic carbocycles. The Hall–Kier alpha value is -1.94. The fraction of sp³-hybridized carbons (Fsp3) is 0.389. The highest BCUT2D eigenvalue weighted by Crippen LogP contribution is 2.21. The first-order valence-electron chi connectivity index (χ1n) is 8.31. The molecule has 2 aromatic rings. The third-order valence-electron chi connectivity index (χ3n) is 4.61. The average molecular weight is 344 g/mol. The van der Waals surface area contributed by atoms with Gasteiger partial charge in [0.05, 0.1) is 43.7 Å². The zero-order valence-corrected chi connectivity index (χ0v) is 14.4. The predicted octanol–water partition coefficient (Wildman–Crippen LogP) is 1.03. The first kappa shape index (κ1) is 16.9. The summed E-state index contributed by atoms with van der Waals surface area (Å²) in [5.41, 5.74) is 0. The minimum Gasteiger partial charge on any atom is -0.333 e. The summed E-state index contributed by atoms with van der Waals surface area (Å²) in [4.78, 5) is 1.75. The summed E-state index contributed by atoms with van der Waals surface area (Å²) < 4.78 is 27.3. The van der Waals surface area contributed by atoms with E-state index in [0.29, 0.717) is 24.4 Å². The van der Waals surface area contributed by atoms with Gasteiger partial charge in [0, 0.05) is 12.8 Å². The van der Waals surface area contributed by atoms with E-state index in [1.54, 1.807) is 16.4 Å². The van der Waals surface area contributed by atoms with Gasteiger partial charge in [-0.2, -0.15) is 9.57 Å². The van der Waals surface area contributed by atoms with Gasteiger partial charge in [-0.25, -0.2) is 8.42 Å². The highest BCUT2D eigenvalue weighted by molar-refractivity contribution is 7.89. The Morgan fingerprint density at radius 1 is 1.08 bits per heavy atom. The molecule has 1 aliphatic heterocycles. The van der Waals surface area contributed by atoms with E-state index in [-0.39, 0.29) is 0 Å². The number of fused-ring (bicyclic) bond motifs is 1. The van der Waals surface area contributed by atoms with Crippen molar-refractivity contribution < 1.29 is 13.3 Å². The Labute approximate surface area is 143 Å². The van der Waals surface area contributed by atoms with E-state index in [1.807, 2.05) is 30.3 Å². The van der Waals surface area contributed by atoms with Gasteiger partial charge in [-0.05, 0) is 22.9 Å². The maximum Gasteiger partial charge on any atom is 0.243 e. The summed E-state index contributed by atoms with van der Waals surface area (Å²) in [6.07, 6.45) is 1.45. The third-order valence-corrected chi connectivity index (χ3v) is 6.50. The van der Waals surface area contributed by atoms with Crippen LogP contribution in [0.1, 0.15) is 12.8 Å². The Bertz CT molecular complexity index is 850. The first-order valence-corrected chi connectivity index (χ1v) is 9.75. The van der Waals surface area contributed by atoms with Crippen molar-refractivity contribution in [1.29, 1.82) is 5.26 Å². The van der Waals surface area contributed by atoms with E-state index in [0.717, 1.165) is 36.8 Å². The Morgan fingerprint density at radius 3 is 2.50 bits per heavy atom. The first-order chi connectivity index (χ1) is 11.6. The lowest BCUT2D eigenvalue weighted by Gasteiger charge is -2.31. The van der Waals surface area contributed by atoms with E-state index < -0.39 is 10.0 Å². The molecule has 0 saturated carbocycles. The Kier molecular flexibility index (Phi) is 5.14. The summed E-state index contributed by atoms with van der Waals surface area (Å²) in [5, 5.41) is 10.6. The lowest BCUT2D eigenvalue weighted by Crippen LogP contribution is -3.14. The van der Waals surface area contributed by atoms with Crippen molar-refractivity contribution >= 4 is 20.8 Å². The number of nitriles is 1. The van der Waals surface area contributed by atoms with Gasteiger partial charge in [-0.15, -0.1) is 0 Å². The number of piperazine rings is 1. The number of nitrogens with zero attached hydrogens (tertiary/aromatic N) is 2. The molecule has 1 aliphatic rings. The summed E-state index contributed by atoms with van der Waals surface area (Å²) in [7, 11) is -3.43. The maximum absolute atomic E-state index is 12.9. The van der Waals surface area contributed by atoms with Gasteiger partial charge in [-0.3, -0.25) is 0 Å². The van der Waals surface area contributed by atoms with Crippen molar-refractivity contribution in [3.8, 4) is 6.07 Å². The molecule has 0 radical (unpaired) electrons. The van der Waals surface area contributed by atoms with Crippen LogP contribution in [-0.2, 0) is 10.0 Å². The highest BCUT2D eigenvalue weighted by Gasteiger charge is 2.30. The molecule has 0 bridgehead atoms. The van der Waals surface area contributed by atoms with Gasteiger partial charge >= 0.3 is 0 Å². The van der Waals surface area contributed by atoms with Crippen LogP contribution < -0.4 is 4.90 Å². The van der Waals surface area contributed by atoms with Crippen LogP contribution in [0.4, 0.5) is 0 Å². The molecular formula is C18H22N3O2S+. The van der Waals surface area contributed by atoms with Crippen molar-refractivity contribution in [2.45, 2.75) is 17.7 Å². The minimum atomic E-state index is -3.43. The zero-order chi connectivity index (χ0) is 17.0. The number of nitrogens with one attached hydrogen (secondary N) is 1. The minimum absolute atomic E-state index is 0.370. The third kappa shape index (κ3) is 3.59. The molecule has 126 valence electrons. The second-order valence-corrected chi connectivity index (χ2v) is 8.11. The van der Waals surface area contributed by atoms with Crippen LogP contribution in [0.5, 0.6) is 0 Å². The van der Waals surface area contributed by atoms with Crippen LogP contribution in [0.25, 0.3) is 10.8 Å². The van der Waals surface area contributed by atoms with Crippen LogP contribution in [0.15, 0.2) is 47.4 Å². The molecule has 6 heteroatoms. The molecule has 5 nitrogen and oxygen atoms in total. The summed E-state index contributed by atoms with van der Waals surface area (Å²) in [5.74, 6) is 0. The second kappa shape index (κ2) is 7.31. The molecule has 1 saturated heterocycles. The smallest absolute Gasteiger partial charge is 0.243 e. The number of quaternary nitrogens is 1. The molecule has 0 spiro atoms. The number of benzene rings is 2. The van der Waals surface area contributed by atoms with Gasteiger partial charge in [-0.1, -0.05) is 30.3 Å². The molecule has 1 heterocycles. The van der Waals surface area contributed by atoms with Gasteiger partial charge in [0.25, 0.3) is 0 Å². The van der Waals surface area contributed by atoms with Crippen LogP contribution in [0.2, 0.25) is 0 Å². The van der Waals surface area contributed by atoms with Crippen molar-refractivity contribution in [3.05, 3.63) is 42.5 Å². The Morgan fingerprint density at radius 2 is 1.79 bits per heavy atom. The summed E-state index contributed by atoms with van der Waals surface area (Å²) >= 11 is 0. The fourth-order valence-corrected chi connectivity index (χ4v) is 4.66. The molecule has 0 amide bonds. The topological polar surface area (TPSA) is 65.6 Å². The Balaban J connectivity index is 1.70. The largest absolute Gasteiger partial charge is 0.333 e. The number of hydrogen-bond donors (Lipinski definition) is 1. The molecule has 0 atom stereocenters. The number of sulfonamides is 1. The maximum atomic E-state index is 12.9. The quantitative estimate of drug-likeness (QED) is 0.824. The lowest BCUT2D eigenvalue weighted by molar-refractivity contribution is -0.903. The molecule has 1 fully saturated rings. The average Bonchev–Trinajstić information content (AvgIpc) is 2.62. The van der Waals surface area contributed by atoms with Crippen molar-refractivity contribution in [3.63, 3.8) is 0 Å². The van der Waals surface area contributed by atoms with E-state index in [1.165, 1.54) is 4.90 Å². The van der Waals surface area contributed by atoms with Gasteiger partial charge in [0.1, 0.15) is 0 Å². The van der Waals surface area contributed by atoms with Gasteiger partial charge in [0.2, 0.25) is 10.0 Å². The monoisotopic (exact) mass is 344 g/mol. The standard InChI is InChI=1S/C18H21N3O2S/c19-9-3-4-10-20-11-13-21(14-12-20)24(22,23)18-8-7-16-5-1-2-6-17(16)15-18/h1-2,5-8,15H,3-4,10-14H2/p+1. The van der Waals surface area contributed by atoms with Crippen LogP contribution in [-0.4, -0.2) is 45.4 Å². The lowest BCUT2D eigenvalue weighted by atomic mass is 10.1. The van der Waals surface area contributed by atoms with Crippen molar-refractivity contribution in [1.82, 2.24) is 4.31 Å². The van der Waals surface area contributed by atoms with Gasteiger partial charge in [0.15, 0.2) is 0 Å². The normalized spacial score (nSPS) is 17.0. The molecular weight excluding hydrogens is 322 g/mol. The fourth-order valence-electron chi connectivity index (χ4n) is 3.19. The molecule has 0 aromatic heterocycles. The molecule has 3 rings (SSSR count). The van der Waals surface area contributed by atoms with Gasteiger partial charge < -0.3 is 4.90 Å². The number of hydrogen-bond acceptors (Lipinski definition) is 3. The zero-order valence-electron chi connectivity index (χ0n) is 13.6. The predicted molar refractivity (Wildman–Crippen MR) is 93.1 cm³/mol. The SMILES string of the molecule is N#CCCC[NH+]1CCN(S(=O)(=O)c2ccc3ccccc3c2)CC1. The van der Waals surface area contributed by atoms with E-state index in [2.05, 4.69) is 6.07 Å². The molecule has 2 aromatic carbocycles. The van der Waals surface area contributed by atoms with E-state index in [4.69, 9.17) is 5.26 Å². The number of rotatable bonds is 5. The second-order valence-electron chi connectivity index (χ2n) is 6.17. The summed E-state index contributed by atoms with van der Waals surface area (Å²) in [6, 6.07) is 15.3. The van der Waals surface area contributed by atoms with Crippen LogP contribution in [0.3, 0.4) is 0 Å². The van der Waals surface area contributed by atoms with E-state index in [9.17, 15) is 8.42 Å². The molecule has 24 heavy (non-hydrogen) atoms. The van der Waals surface area contributed by atoms with Crippen molar-refractivity contribution in [2.24, 2.45) is 0 Å². The molecule has 0 unspecified atom stereocenters. The highest BCUT2D eigenvalue weighted by atomic mass is 32.2.